The van der Waals surface area contributed by atoms with E-state index < -0.39 is 0 Å². The third-order valence-corrected chi connectivity index (χ3v) is 7.16. The molecule has 1 saturated heterocycles. The molecule has 1 aliphatic heterocycles. The zero-order valence-corrected chi connectivity index (χ0v) is 20.5. The molecule has 0 aliphatic carbocycles. The molecule has 180 valence electrons. The van der Waals surface area contributed by atoms with E-state index in [-0.39, 0.29) is 11.8 Å². The second-order valence-corrected chi connectivity index (χ2v) is 9.55. The number of amides is 1. The molecule has 1 aliphatic rings. The van der Waals surface area contributed by atoms with E-state index in [0.717, 1.165) is 42.1 Å². The Morgan fingerprint density at radius 2 is 1.78 bits per heavy atom. The number of aryl methyl sites for hydroxylation is 2. The van der Waals surface area contributed by atoms with E-state index in [4.69, 9.17) is 5.10 Å². The first-order valence-electron chi connectivity index (χ1n) is 12.4. The number of aromatic nitrogens is 5. The highest BCUT2D eigenvalue weighted by atomic mass is 16.2. The summed E-state index contributed by atoms with van der Waals surface area (Å²) < 4.78 is 3.85. The second-order valence-electron chi connectivity index (χ2n) is 9.55. The highest BCUT2D eigenvalue weighted by Gasteiger charge is 2.31. The molecule has 36 heavy (non-hydrogen) atoms. The maximum atomic E-state index is 14.0. The topological polar surface area (TPSA) is 68.3 Å². The Balaban J connectivity index is 1.37. The monoisotopic (exact) mass is 476 g/mol. The summed E-state index contributed by atoms with van der Waals surface area (Å²) >= 11 is 0. The summed E-state index contributed by atoms with van der Waals surface area (Å²) in [6, 6.07) is 22.1. The quantitative estimate of drug-likeness (QED) is 0.357. The Labute approximate surface area is 210 Å². The SMILES string of the molecule is Cc1ccc(-c2nn(-c3ccccc3)cc2C(=O)N2CCC[C@H](c3nnc4ccccn34)C2)cc1C. The zero-order valence-electron chi connectivity index (χ0n) is 20.5. The van der Waals surface area contributed by atoms with Crippen LogP contribution in [0.1, 0.15) is 46.1 Å². The standard InChI is InChI=1S/C29H28N6O/c1-20-13-14-22(17-21(20)2)27-25(19-35(32-27)24-10-4-3-5-11-24)29(36)33-15-8-9-23(18-33)28-31-30-26-12-6-7-16-34(26)28/h3-7,10-14,16-17,19,23H,8-9,15,18H2,1-2H3/t23-/m0/s1. The van der Waals surface area contributed by atoms with E-state index in [9.17, 15) is 4.79 Å². The number of rotatable bonds is 4. The number of likely N-dealkylation sites (tertiary alicyclic amines) is 1. The summed E-state index contributed by atoms with van der Waals surface area (Å²) in [5.41, 5.74) is 6.43. The zero-order chi connectivity index (χ0) is 24.6. The van der Waals surface area contributed by atoms with Gasteiger partial charge in [0, 0.05) is 37.0 Å². The summed E-state index contributed by atoms with van der Waals surface area (Å²) in [4.78, 5) is 16.0. The van der Waals surface area contributed by atoms with Crippen LogP contribution in [0.25, 0.3) is 22.6 Å². The summed E-state index contributed by atoms with van der Waals surface area (Å²) in [6.07, 6.45) is 5.77. The van der Waals surface area contributed by atoms with E-state index in [2.05, 4.69) is 42.2 Å². The molecule has 1 amide bonds. The lowest BCUT2D eigenvalue weighted by molar-refractivity contribution is 0.0705. The van der Waals surface area contributed by atoms with Crippen LogP contribution in [-0.2, 0) is 0 Å². The van der Waals surface area contributed by atoms with Crippen LogP contribution in [0.3, 0.4) is 0 Å². The van der Waals surface area contributed by atoms with Crippen LogP contribution < -0.4 is 0 Å². The van der Waals surface area contributed by atoms with Crippen molar-refractivity contribution in [2.24, 2.45) is 0 Å². The first kappa shape index (κ1) is 22.2. The van der Waals surface area contributed by atoms with Gasteiger partial charge in [0.1, 0.15) is 11.5 Å². The van der Waals surface area contributed by atoms with E-state index in [1.807, 2.05) is 74.9 Å². The van der Waals surface area contributed by atoms with Gasteiger partial charge in [-0.1, -0.05) is 36.4 Å². The van der Waals surface area contributed by atoms with Crippen molar-refractivity contribution in [2.75, 3.05) is 13.1 Å². The van der Waals surface area contributed by atoms with Crippen LogP contribution in [0, 0.1) is 13.8 Å². The lowest BCUT2D eigenvalue weighted by atomic mass is 9.96. The van der Waals surface area contributed by atoms with Gasteiger partial charge in [-0.2, -0.15) is 5.10 Å². The molecule has 2 aromatic carbocycles. The first-order chi connectivity index (χ1) is 17.6. The van der Waals surface area contributed by atoms with E-state index >= 15 is 0 Å². The maximum Gasteiger partial charge on any atom is 0.257 e. The number of piperidine rings is 1. The van der Waals surface area contributed by atoms with Crippen molar-refractivity contribution in [1.29, 1.82) is 0 Å². The normalized spacial score (nSPS) is 15.9. The second kappa shape index (κ2) is 9.07. The first-order valence-corrected chi connectivity index (χ1v) is 12.4. The molecule has 7 heteroatoms. The Morgan fingerprint density at radius 1 is 0.944 bits per heavy atom. The van der Waals surface area contributed by atoms with E-state index in [1.54, 1.807) is 0 Å². The number of hydrogen-bond donors (Lipinski definition) is 0. The minimum atomic E-state index is 0.00364. The largest absolute Gasteiger partial charge is 0.338 e. The van der Waals surface area contributed by atoms with E-state index in [1.165, 1.54) is 11.1 Å². The Kier molecular flexibility index (Phi) is 5.60. The van der Waals surface area contributed by atoms with Gasteiger partial charge in [0.2, 0.25) is 0 Å². The number of carbonyl (C=O) groups excluding carboxylic acids is 1. The minimum absolute atomic E-state index is 0.00364. The van der Waals surface area contributed by atoms with Gasteiger partial charge in [-0.3, -0.25) is 9.20 Å². The van der Waals surface area contributed by atoms with Crippen molar-refractivity contribution in [2.45, 2.75) is 32.6 Å². The average molecular weight is 477 g/mol. The molecule has 6 rings (SSSR count). The van der Waals surface area contributed by atoms with E-state index in [0.29, 0.717) is 17.8 Å². The summed E-state index contributed by atoms with van der Waals surface area (Å²) in [5.74, 6) is 1.05. The maximum absolute atomic E-state index is 14.0. The summed E-state index contributed by atoms with van der Waals surface area (Å²) in [5, 5.41) is 13.7. The fraction of sp³-hybridized carbons (Fsp3) is 0.241. The third-order valence-electron chi connectivity index (χ3n) is 7.16. The number of fused-ring (bicyclic) bond motifs is 1. The highest BCUT2D eigenvalue weighted by Crippen LogP contribution is 2.30. The predicted octanol–water partition coefficient (Wildman–Crippen LogP) is 5.22. The van der Waals surface area contributed by atoms with Gasteiger partial charge in [-0.15, -0.1) is 10.2 Å². The molecule has 1 fully saturated rings. The molecular weight excluding hydrogens is 448 g/mol. The highest BCUT2D eigenvalue weighted by molar-refractivity contribution is 6.00. The van der Waals surface area contributed by atoms with Crippen LogP contribution in [-0.4, -0.2) is 48.3 Å². The number of hydrogen-bond acceptors (Lipinski definition) is 4. The fourth-order valence-corrected chi connectivity index (χ4v) is 5.03. The number of para-hydroxylation sites is 1. The van der Waals surface area contributed by atoms with Gasteiger partial charge in [0.05, 0.1) is 11.3 Å². The molecule has 0 radical (unpaired) electrons. The van der Waals surface area contributed by atoms with Crippen molar-refractivity contribution in [1.82, 2.24) is 29.3 Å². The summed E-state index contributed by atoms with van der Waals surface area (Å²) in [6.45, 7) is 5.51. The summed E-state index contributed by atoms with van der Waals surface area (Å²) in [7, 11) is 0. The van der Waals surface area contributed by atoms with Crippen LogP contribution in [0.5, 0.6) is 0 Å². The van der Waals surface area contributed by atoms with Gasteiger partial charge < -0.3 is 4.90 Å². The van der Waals surface area contributed by atoms with Crippen molar-refractivity contribution in [3.8, 4) is 16.9 Å². The molecule has 4 heterocycles. The Hall–Kier alpha value is -4.26. The molecule has 0 bridgehead atoms. The van der Waals surface area contributed by atoms with Crippen molar-refractivity contribution < 1.29 is 4.79 Å². The molecular formula is C29H28N6O. The van der Waals surface area contributed by atoms with Gasteiger partial charge in [0.25, 0.3) is 5.91 Å². The molecule has 0 N–H and O–H groups in total. The molecule has 1 atom stereocenters. The molecule has 5 aromatic rings. The molecule has 7 nitrogen and oxygen atoms in total. The van der Waals surface area contributed by atoms with Crippen LogP contribution in [0.15, 0.2) is 79.1 Å². The van der Waals surface area contributed by atoms with Crippen molar-refractivity contribution in [3.63, 3.8) is 0 Å². The smallest absolute Gasteiger partial charge is 0.257 e. The van der Waals surface area contributed by atoms with Gasteiger partial charge in [-0.25, -0.2) is 4.68 Å². The van der Waals surface area contributed by atoms with Crippen LogP contribution in [0.4, 0.5) is 0 Å². The van der Waals surface area contributed by atoms with Gasteiger partial charge >= 0.3 is 0 Å². The Bertz CT molecular complexity index is 1550. The van der Waals surface area contributed by atoms with Crippen LogP contribution >= 0.6 is 0 Å². The Morgan fingerprint density at radius 3 is 2.61 bits per heavy atom. The van der Waals surface area contributed by atoms with Gasteiger partial charge in [-0.05, 0) is 68.1 Å². The molecule has 3 aromatic heterocycles. The van der Waals surface area contributed by atoms with Crippen LogP contribution in [0.2, 0.25) is 0 Å². The lowest BCUT2D eigenvalue weighted by Gasteiger charge is -2.32. The third kappa shape index (κ3) is 3.96. The fourth-order valence-electron chi connectivity index (χ4n) is 5.03. The molecule has 0 spiro atoms. The molecule has 0 unspecified atom stereocenters. The van der Waals surface area contributed by atoms with Crippen molar-refractivity contribution in [3.05, 3.63) is 102 Å². The number of benzene rings is 2. The molecule has 0 saturated carbocycles. The lowest BCUT2D eigenvalue weighted by Crippen LogP contribution is -2.39. The average Bonchev–Trinajstić information content (AvgIpc) is 3.56. The minimum Gasteiger partial charge on any atom is -0.338 e. The number of nitrogens with zero attached hydrogens (tertiary/aromatic N) is 6. The van der Waals surface area contributed by atoms with Crippen molar-refractivity contribution >= 4 is 11.6 Å². The number of pyridine rings is 1. The predicted molar refractivity (Wildman–Crippen MR) is 139 cm³/mol. The van der Waals surface area contributed by atoms with Gasteiger partial charge in [0.15, 0.2) is 5.65 Å². The number of carbonyl (C=O) groups is 1.